The highest BCUT2D eigenvalue weighted by Gasteiger charge is 2.17. The van der Waals surface area contributed by atoms with Gasteiger partial charge in [0.15, 0.2) is 5.96 Å². The van der Waals surface area contributed by atoms with E-state index in [2.05, 4.69) is 42.4 Å². The van der Waals surface area contributed by atoms with E-state index in [1.54, 1.807) is 0 Å². The van der Waals surface area contributed by atoms with Gasteiger partial charge < -0.3 is 19.8 Å². The number of para-hydroxylation sites is 1. The smallest absolute Gasteiger partial charge is 0.191 e. The second-order valence-electron chi connectivity index (χ2n) is 6.72. The standard InChI is InChI=1S/C20H30N4O2/c1-4-21-20(22-13-15(2)24-9-11-25-12-10-24)23-14-19-16(3)17-7-5-6-8-18(17)26-19/h5-8,15H,4,9-14H2,1-3H3,(H2,21,22,23). The molecule has 2 aromatic rings. The van der Waals surface area contributed by atoms with Crippen LogP contribution in [0.2, 0.25) is 0 Å². The number of ether oxygens (including phenoxy) is 1. The molecule has 1 unspecified atom stereocenters. The normalized spacial score (nSPS) is 17.4. The van der Waals surface area contributed by atoms with E-state index in [1.165, 1.54) is 5.56 Å². The molecule has 6 heteroatoms. The van der Waals surface area contributed by atoms with Crippen LogP contribution in [0.5, 0.6) is 0 Å². The Hall–Kier alpha value is -2.05. The zero-order valence-corrected chi connectivity index (χ0v) is 16.0. The summed E-state index contributed by atoms with van der Waals surface area (Å²) in [5.41, 5.74) is 2.09. The third kappa shape index (κ3) is 4.56. The van der Waals surface area contributed by atoms with Gasteiger partial charge in [0, 0.05) is 43.2 Å². The van der Waals surface area contributed by atoms with E-state index in [1.807, 2.05) is 18.2 Å². The van der Waals surface area contributed by atoms with Crippen LogP contribution in [0.1, 0.15) is 25.2 Å². The van der Waals surface area contributed by atoms with Crippen molar-refractivity contribution >= 4 is 16.9 Å². The van der Waals surface area contributed by atoms with Crippen molar-refractivity contribution in [2.75, 3.05) is 39.4 Å². The molecule has 0 aliphatic carbocycles. The van der Waals surface area contributed by atoms with Crippen LogP contribution in [0, 0.1) is 6.92 Å². The lowest BCUT2D eigenvalue weighted by molar-refractivity contribution is 0.0211. The summed E-state index contributed by atoms with van der Waals surface area (Å²) < 4.78 is 11.4. The summed E-state index contributed by atoms with van der Waals surface area (Å²) in [4.78, 5) is 7.16. The Balaban J connectivity index is 1.61. The summed E-state index contributed by atoms with van der Waals surface area (Å²) in [7, 11) is 0. The van der Waals surface area contributed by atoms with Crippen LogP contribution in [0.4, 0.5) is 0 Å². The number of hydrogen-bond donors (Lipinski definition) is 2. The van der Waals surface area contributed by atoms with Crippen molar-refractivity contribution in [3.8, 4) is 0 Å². The maximum Gasteiger partial charge on any atom is 0.191 e. The highest BCUT2D eigenvalue weighted by atomic mass is 16.5. The molecule has 2 heterocycles. The molecule has 1 aromatic heterocycles. The third-order valence-electron chi connectivity index (χ3n) is 4.90. The molecule has 1 fully saturated rings. The maximum absolute atomic E-state index is 5.96. The zero-order valence-electron chi connectivity index (χ0n) is 16.0. The van der Waals surface area contributed by atoms with E-state index in [9.17, 15) is 0 Å². The minimum absolute atomic E-state index is 0.440. The van der Waals surface area contributed by atoms with Crippen molar-refractivity contribution in [1.29, 1.82) is 0 Å². The fourth-order valence-electron chi connectivity index (χ4n) is 3.26. The predicted octanol–water partition coefficient (Wildman–Crippen LogP) is 2.52. The number of aliphatic imine (C=N–C) groups is 1. The molecule has 1 atom stereocenters. The zero-order chi connectivity index (χ0) is 18.4. The Labute approximate surface area is 155 Å². The number of guanidine groups is 1. The summed E-state index contributed by atoms with van der Waals surface area (Å²) >= 11 is 0. The fourth-order valence-corrected chi connectivity index (χ4v) is 3.26. The first-order valence-corrected chi connectivity index (χ1v) is 9.50. The molecule has 0 bridgehead atoms. The number of fused-ring (bicyclic) bond motifs is 1. The van der Waals surface area contributed by atoms with E-state index < -0.39 is 0 Å². The van der Waals surface area contributed by atoms with Crippen LogP contribution in [-0.4, -0.2) is 56.3 Å². The Kier molecular flexibility index (Phi) is 6.52. The van der Waals surface area contributed by atoms with Crippen LogP contribution in [0.3, 0.4) is 0 Å². The fraction of sp³-hybridized carbons (Fsp3) is 0.550. The van der Waals surface area contributed by atoms with Gasteiger partial charge in [0.2, 0.25) is 0 Å². The van der Waals surface area contributed by atoms with Crippen LogP contribution < -0.4 is 10.6 Å². The predicted molar refractivity (Wildman–Crippen MR) is 106 cm³/mol. The SMILES string of the molecule is CCNC(=NCc1oc2ccccc2c1C)NCC(C)N1CCOCC1. The number of nitrogens with one attached hydrogen (secondary N) is 2. The van der Waals surface area contributed by atoms with Gasteiger partial charge in [-0.3, -0.25) is 4.90 Å². The highest BCUT2D eigenvalue weighted by molar-refractivity contribution is 5.82. The molecule has 142 valence electrons. The van der Waals surface area contributed by atoms with Crippen molar-refractivity contribution in [1.82, 2.24) is 15.5 Å². The molecule has 0 amide bonds. The highest BCUT2D eigenvalue weighted by Crippen LogP contribution is 2.25. The quantitative estimate of drug-likeness (QED) is 0.614. The third-order valence-corrected chi connectivity index (χ3v) is 4.90. The van der Waals surface area contributed by atoms with Crippen molar-refractivity contribution in [3.63, 3.8) is 0 Å². The molecular formula is C20H30N4O2. The summed E-state index contributed by atoms with van der Waals surface area (Å²) in [5, 5.41) is 7.94. The molecular weight excluding hydrogens is 328 g/mol. The average Bonchev–Trinajstić information content (AvgIpc) is 3.00. The van der Waals surface area contributed by atoms with Gasteiger partial charge in [-0.1, -0.05) is 18.2 Å². The van der Waals surface area contributed by atoms with E-state index in [4.69, 9.17) is 14.1 Å². The molecule has 1 aliphatic heterocycles. The number of aryl methyl sites for hydroxylation is 1. The van der Waals surface area contributed by atoms with Gasteiger partial charge in [0.1, 0.15) is 17.9 Å². The van der Waals surface area contributed by atoms with E-state index in [0.717, 1.165) is 62.1 Å². The summed E-state index contributed by atoms with van der Waals surface area (Å²) in [6, 6.07) is 8.57. The molecule has 2 N–H and O–H groups in total. The molecule has 3 rings (SSSR count). The second kappa shape index (κ2) is 9.05. The molecule has 0 spiro atoms. The molecule has 0 saturated carbocycles. The lowest BCUT2D eigenvalue weighted by Crippen LogP contribution is -2.49. The molecule has 0 radical (unpaired) electrons. The number of furan rings is 1. The van der Waals surface area contributed by atoms with Crippen molar-refractivity contribution in [2.24, 2.45) is 4.99 Å². The van der Waals surface area contributed by atoms with Gasteiger partial charge in [-0.05, 0) is 26.8 Å². The first-order chi connectivity index (χ1) is 12.7. The molecule has 1 aliphatic rings. The topological polar surface area (TPSA) is 62.0 Å². The van der Waals surface area contributed by atoms with Gasteiger partial charge in [0.25, 0.3) is 0 Å². The molecule has 6 nitrogen and oxygen atoms in total. The van der Waals surface area contributed by atoms with E-state index in [0.29, 0.717) is 12.6 Å². The maximum atomic E-state index is 5.96. The second-order valence-corrected chi connectivity index (χ2v) is 6.72. The largest absolute Gasteiger partial charge is 0.459 e. The Morgan fingerprint density at radius 1 is 1.23 bits per heavy atom. The van der Waals surface area contributed by atoms with Crippen molar-refractivity contribution in [2.45, 2.75) is 33.4 Å². The summed E-state index contributed by atoms with van der Waals surface area (Å²) in [5.74, 6) is 1.75. The van der Waals surface area contributed by atoms with E-state index >= 15 is 0 Å². The first kappa shape index (κ1) is 18.7. The number of nitrogens with zero attached hydrogens (tertiary/aromatic N) is 2. The van der Waals surface area contributed by atoms with Crippen molar-refractivity contribution < 1.29 is 9.15 Å². The van der Waals surface area contributed by atoms with Gasteiger partial charge in [-0.25, -0.2) is 4.99 Å². The number of morpholine rings is 1. The summed E-state index contributed by atoms with van der Waals surface area (Å²) in [6.07, 6.45) is 0. The Morgan fingerprint density at radius 3 is 2.73 bits per heavy atom. The lowest BCUT2D eigenvalue weighted by atomic mass is 10.1. The van der Waals surface area contributed by atoms with Gasteiger partial charge in [0.05, 0.1) is 13.2 Å². The number of hydrogen-bond acceptors (Lipinski definition) is 4. The molecule has 1 aromatic carbocycles. The first-order valence-electron chi connectivity index (χ1n) is 9.50. The van der Waals surface area contributed by atoms with Gasteiger partial charge in [-0.2, -0.15) is 0 Å². The van der Waals surface area contributed by atoms with Gasteiger partial charge in [-0.15, -0.1) is 0 Å². The van der Waals surface area contributed by atoms with Crippen LogP contribution >= 0.6 is 0 Å². The monoisotopic (exact) mass is 358 g/mol. The summed E-state index contributed by atoms with van der Waals surface area (Å²) in [6.45, 7) is 12.3. The molecule has 1 saturated heterocycles. The molecule has 26 heavy (non-hydrogen) atoms. The van der Waals surface area contributed by atoms with Crippen molar-refractivity contribution in [3.05, 3.63) is 35.6 Å². The lowest BCUT2D eigenvalue weighted by Gasteiger charge is -2.32. The van der Waals surface area contributed by atoms with Gasteiger partial charge >= 0.3 is 0 Å². The number of rotatable bonds is 6. The van der Waals surface area contributed by atoms with E-state index in [-0.39, 0.29) is 0 Å². The minimum atomic E-state index is 0.440. The average molecular weight is 358 g/mol. The van der Waals surface area contributed by atoms with Crippen LogP contribution in [0.25, 0.3) is 11.0 Å². The van der Waals surface area contributed by atoms with Crippen LogP contribution in [0.15, 0.2) is 33.7 Å². The Bertz CT molecular complexity index is 734. The van der Waals surface area contributed by atoms with Crippen LogP contribution in [-0.2, 0) is 11.3 Å². The minimum Gasteiger partial charge on any atom is -0.459 e. The Morgan fingerprint density at radius 2 is 2.00 bits per heavy atom. The number of benzene rings is 1.